The quantitative estimate of drug-likeness (QED) is 0.353. The van der Waals surface area contributed by atoms with E-state index >= 15 is 0 Å². The first kappa shape index (κ1) is 24.1. The summed E-state index contributed by atoms with van der Waals surface area (Å²) in [5.74, 6) is -0.276. The highest BCUT2D eigenvalue weighted by atomic mass is 16.5. The maximum atomic E-state index is 11.1. The van der Waals surface area contributed by atoms with Gasteiger partial charge in [-0.25, -0.2) is 0 Å². The van der Waals surface area contributed by atoms with Crippen molar-refractivity contribution in [2.24, 2.45) is 0 Å². The number of hydrogen-bond donors (Lipinski definition) is 3. The van der Waals surface area contributed by atoms with Crippen molar-refractivity contribution in [2.45, 2.75) is 70.2 Å². The number of carbonyl (C=O) groups excluding carboxylic acids is 1. The minimum atomic E-state index is -0.905. The Hall–Kier alpha value is -1.95. The van der Waals surface area contributed by atoms with Gasteiger partial charge in [0.05, 0.1) is 25.4 Å². The summed E-state index contributed by atoms with van der Waals surface area (Å²) < 4.78 is 4.58. The largest absolute Gasteiger partial charge is 0.469 e. The highest BCUT2D eigenvalue weighted by molar-refractivity contribution is 5.69. The van der Waals surface area contributed by atoms with Gasteiger partial charge < -0.3 is 20.1 Å². The molecule has 0 spiro atoms. The second-order valence-electron chi connectivity index (χ2n) is 6.94. The third kappa shape index (κ3) is 9.83. The van der Waals surface area contributed by atoms with Crippen LogP contribution in [0.5, 0.6) is 0 Å². The standard InChI is InChI=1S/C23H34O5/c1-3-4-5-12-21(25)22(26)17-15-19-10-7-6-9-18(19)14-16-20(24)11-8-13-23(27)28-2/h6-7,9-10,14-17,20-22,24-26H,3-5,8,11-13H2,1-2H3/b16-14+,17-15+/t20-,21+,22-/m0/s1. The van der Waals surface area contributed by atoms with Gasteiger partial charge in [-0.1, -0.05) is 74.8 Å². The molecule has 1 aromatic carbocycles. The summed E-state index contributed by atoms with van der Waals surface area (Å²) in [6.07, 6.45) is 9.53. The molecule has 3 N–H and O–H groups in total. The van der Waals surface area contributed by atoms with Gasteiger partial charge in [-0.2, -0.15) is 0 Å². The van der Waals surface area contributed by atoms with Crippen LogP contribution in [0.3, 0.4) is 0 Å². The van der Waals surface area contributed by atoms with Crippen molar-refractivity contribution in [1.29, 1.82) is 0 Å². The van der Waals surface area contributed by atoms with Crippen molar-refractivity contribution in [1.82, 2.24) is 0 Å². The lowest BCUT2D eigenvalue weighted by Gasteiger charge is -2.14. The predicted molar refractivity (Wildman–Crippen MR) is 113 cm³/mol. The van der Waals surface area contributed by atoms with E-state index in [0.717, 1.165) is 30.4 Å². The second-order valence-corrected chi connectivity index (χ2v) is 6.94. The van der Waals surface area contributed by atoms with E-state index in [1.165, 1.54) is 7.11 Å². The lowest BCUT2D eigenvalue weighted by atomic mass is 10.0. The maximum absolute atomic E-state index is 11.1. The molecule has 28 heavy (non-hydrogen) atoms. The van der Waals surface area contributed by atoms with Crippen LogP contribution in [-0.2, 0) is 9.53 Å². The van der Waals surface area contributed by atoms with Crippen LogP contribution in [0.1, 0.15) is 63.0 Å². The zero-order valence-corrected chi connectivity index (χ0v) is 17.0. The number of methoxy groups -OCH3 is 1. The third-order valence-electron chi connectivity index (χ3n) is 4.57. The maximum Gasteiger partial charge on any atom is 0.305 e. The Kier molecular flexibility index (Phi) is 12.1. The van der Waals surface area contributed by atoms with E-state index < -0.39 is 18.3 Å². The molecule has 0 heterocycles. The molecular weight excluding hydrogens is 356 g/mol. The van der Waals surface area contributed by atoms with Gasteiger partial charge >= 0.3 is 5.97 Å². The first-order valence-corrected chi connectivity index (χ1v) is 10.0. The van der Waals surface area contributed by atoms with E-state index in [2.05, 4.69) is 11.7 Å². The van der Waals surface area contributed by atoms with Gasteiger partial charge in [0.15, 0.2) is 0 Å². The first-order valence-electron chi connectivity index (χ1n) is 10.0. The topological polar surface area (TPSA) is 87.0 Å². The molecule has 0 aliphatic carbocycles. The van der Waals surface area contributed by atoms with Crippen LogP contribution in [0.15, 0.2) is 36.4 Å². The molecule has 3 atom stereocenters. The fourth-order valence-corrected chi connectivity index (χ4v) is 2.79. The van der Waals surface area contributed by atoms with Crippen molar-refractivity contribution >= 4 is 18.1 Å². The van der Waals surface area contributed by atoms with Gasteiger partial charge in [0.1, 0.15) is 0 Å². The highest BCUT2D eigenvalue weighted by Gasteiger charge is 2.12. The monoisotopic (exact) mass is 390 g/mol. The average Bonchev–Trinajstić information content (AvgIpc) is 2.70. The molecule has 0 saturated heterocycles. The van der Waals surface area contributed by atoms with E-state index in [9.17, 15) is 20.1 Å². The second kappa shape index (κ2) is 14.1. The van der Waals surface area contributed by atoms with Crippen LogP contribution in [0.4, 0.5) is 0 Å². The van der Waals surface area contributed by atoms with Crippen LogP contribution < -0.4 is 0 Å². The van der Waals surface area contributed by atoms with Crippen LogP contribution in [0, 0.1) is 0 Å². The number of hydrogen-bond acceptors (Lipinski definition) is 5. The fourth-order valence-electron chi connectivity index (χ4n) is 2.79. The Morgan fingerprint density at radius 3 is 2.25 bits per heavy atom. The number of unbranched alkanes of at least 4 members (excludes halogenated alkanes) is 2. The molecule has 0 bridgehead atoms. The summed E-state index contributed by atoms with van der Waals surface area (Å²) in [5.41, 5.74) is 1.79. The summed E-state index contributed by atoms with van der Waals surface area (Å²) in [7, 11) is 1.35. The van der Waals surface area contributed by atoms with Crippen LogP contribution in [0.25, 0.3) is 12.2 Å². The Morgan fingerprint density at radius 2 is 1.64 bits per heavy atom. The molecule has 0 aliphatic heterocycles. The summed E-state index contributed by atoms with van der Waals surface area (Å²) in [6.45, 7) is 2.10. The molecule has 5 heteroatoms. The molecule has 0 fully saturated rings. The molecule has 0 unspecified atom stereocenters. The number of aliphatic hydroxyl groups excluding tert-OH is 3. The van der Waals surface area contributed by atoms with Crippen molar-refractivity contribution < 1.29 is 24.9 Å². The minimum absolute atomic E-state index is 0.276. The predicted octanol–water partition coefficient (Wildman–Crippen LogP) is 3.72. The Bertz CT molecular complexity index is 623. The lowest BCUT2D eigenvalue weighted by Crippen LogP contribution is -2.23. The third-order valence-corrected chi connectivity index (χ3v) is 4.57. The number of ether oxygens (including phenoxy) is 1. The molecule has 1 aromatic rings. The fraction of sp³-hybridized carbons (Fsp3) is 0.522. The van der Waals surface area contributed by atoms with Gasteiger partial charge in [0.2, 0.25) is 0 Å². The SMILES string of the molecule is CCCCC[C@@H](O)[C@@H](O)/C=C/c1ccccc1/C=C/[C@@H](O)CCCC(=O)OC. The minimum Gasteiger partial charge on any atom is -0.469 e. The number of aliphatic hydroxyl groups is 3. The molecule has 0 radical (unpaired) electrons. The zero-order valence-electron chi connectivity index (χ0n) is 17.0. The van der Waals surface area contributed by atoms with Gasteiger partial charge in [-0.3, -0.25) is 4.79 Å². The van der Waals surface area contributed by atoms with Crippen molar-refractivity contribution in [3.63, 3.8) is 0 Å². The highest BCUT2D eigenvalue weighted by Crippen LogP contribution is 2.16. The Balaban J connectivity index is 2.62. The van der Waals surface area contributed by atoms with Gasteiger partial charge in [-0.05, 0) is 30.4 Å². The number of benzene rings is 1. The summed E-state index contributed by atoms with van der Waals surface area (Å²) in [6, 6.07) is 7.63. The van der Waals surface area contributed by atoms with Crippen molar-refractivity contribution in [3.8, 4) is 0 Å². The van der Waals surface area contributed by atoms with Crippen molar-refractivity contribution in [3.05, 3.63) is 47.5 Å². The van der Waals surface area contributed by atoms with Crippen LogP contribution in [0.2, 0.25) is 0 Å². The van der Waals surface area contributed by atoms with E-state index in [0.29, 0.717) is 25.7 Å². The molecule has 5 nitrogen and oxygen atoms in total. The van der Waals surface area contributed by atoms with Crippen molar-refractivity contribution in [2.75, 3.05) is 7.11 Å². The number of esters is 1. The molecule has 156 valence electrons. The molecule has 0 aliphatic rings. The summed E-state index contributed by atoms with van der Waals surface area (Å²) in [5, 5.41) is 30.2. The van der Waals surface area contributed by atoms with Gasteiger partial charge in [0, 0.05) is 6.42 Å². The Morgan fingerprint density at radius 1 is 1.00 bits per heavy atom. The van der Waals surface area contributed by atoms with E-state index in [-0.39, 0.29) is 5.97 Å². The lowest BCUT2D eigenvalue weighted by molar-refractivity contribution is -0.140. The van der Waals surface area contributed by atoms with Crippen LogP contribution in [-0.4, -0.2) is 46.7 Å². The summed E-state index contributed by atoms with van der Waals surface area (Å²) >= 11 is 0. The normalized spacial score (nSPS) is 15.0. The zero-order chi connectivity index (χ0) is 20.8. The molecule has 0 amide bonds. The number of rotatable bonds is 13. The van der Waals surface area contributed by atoms with E-state index in [4.69, 9.17) is 0 Å². The van der Waals surface area contributed by atoms with Crippen LogP contribution >= 0.6 is 0 Å². The van der Waals surface area contributed by atoms with Gasteiger partial charge in [0.25, 0.3) is 0 Å². The van der Waals surface area contributed by atoms with E-state index in [1.54, 1.807) is 18.2 Å². The molecule has 0 aromatic heterocycles. The molecule has 0 saturated carbocycles. The van der Waals surface area contributed by atoms with E-state index in [1.807, 2.05) is 30.3 Å². The average molecular weight is 391 g/mol. The molecule has 1 rings (SSSR count). The summed E-state index contributed by atoms with van der Waals surface area (Å²) in [4.78, 5) is 11.1. The smallest absolute Gasteiger partial charge is 0.305 e. The number of carbonyl (C=O) groups is 1. The first-order chi connectivity index (χ1) is 13.5. The molecular formula is C23H34O5. The van der Waals surface area contributed by atoms with Gasteiger partial charge in [-0.15, -0.1) is 0 Å². The Labute approximate surface area is 168 Å².